The molecular formula is C19H17Cl2N3O3. The summed E-state index contributed by atoms with van der Waals surface area (Å²) in [6.07, 6.45) is 2.33. The minimum Gasteiger partial charge on any atom is -0.448 e. The van der Waals surface area contributed by atoms with E-state index in [0.29, 0.717) is 21.3 Å². The molecule has 0 unspecified atom stereocenters. The van der Waals surface area contributed by atoms with Crippen molar-refractivity contribution < 1.29 is 14.3 Å². The summed E-state index contributed by atoms with van der Waals surface area (Å²) in [5.41, 5.74) is 1.47. The van der Waals surface area contributed by atoms with Crippen molar-refractivity contribution >= 4 is 40.7 Å². The minimum absolute atomic E-state index is 0.134. The number of imidazole rings is 1. The lowest BCUT2D eigenvalue weighted by molar-refractivity contribution is -0.129. The van der Waals surface area contributed by atoms with Crippen molar-refractivity contribution in [2.45, 2.75) is 26.0 Å². The molecule has 1 N–H and O–H groups in total. The van der Waals surface area contributed by atoms with E-state index in [9.17, 15) is 9.59 Å². The zero-order valence-corrected chi connectivity index (χ0v) is 16.2. The highest BCUT2D eigenvalue weighted by atomic mass is 35.5. The average molecular weight is 406 g/mol. The zero-order valence-electron chi connectivity index (χ0n) is 14.6. The molecule has 0 spiro atoms. The first kappa shape index (κ1) is 19.2. The number of carbonyl (C=O) groups excluding carboxylic acids is 2. The predicted octanol–water partition coefficient (Wildman–Crippen LogP) is 4.06. The van der Waals surface area contributed by atoms with Crippen LogP contribution in [-0.4, -0.2) is 27.4 Å². The summed E-state index contributed by atoms with van der Waals surface area (Å²) < 4.78 is 6.93. The molecule has 27 heavy (non-hydrogen) atoms. The molecule has 0 radical (unpaired) electrons. The van der Waals surface area contributed by atoms with Gasteiger partial charge in [-0.1, -0.05) is 35.3 Å². The number of hydrogen-bond donors (Lipinski definition) is 1. The van der Waals surface area contributed by atoms with Gasteiger partial charge < -0.3 is 14.5 Å². The van der Waals surface area contributed by atoms with Crippen molar-refractivity contribution in [3.63, 3.8) is 0 Å². The molecular weight excluding hydrogens is 389 g/mol. The van der Waals surface area contributed by atoms with E-state index in [1.54, 1.807) is 48.0 Å². The molecule has 140 valence electrons. The van der Waals surface area contributed by atoms with Crippen LogP contribution in [-0.2, 0) is 9.53 Å². The van der Waals surface area contributed by atoms with E-state index < -0.39 is 18.0 Å². The molecule has 2 aromatic heterocycles. The van der Waals surface area contributed by atoms with Gasteiger partial charge >= 0.3 is 5.97 Å². The molecule has 0 aliphatic heterocycles. The fourth-order valence-electron chi connectivity index (χ4n) is 2.57. The lowest BCUT2D eigenvalue weighted by Crippen LogP contribution is -2.37. The summed E-state index contributed by atoms with van der Waals surface area (Å²) >= 11 is 12.0. The molecule has 8 heteroatoms. The molecule has 0 saturated carbocycles. The Hall–Kier alpha value is -2.57. The molecule has 3 aromatic rings. The number of ether oxygens (including phenoxy) is 1. The summed E-state index contributed by atoms with van der Waals surface area (Å²) in [6, 6.07) is 10.1. The largest absolute Gasteiger partial charge is 0.448 e. The highest BCUT2D eigenvalue weighted by molar-refractivity contribution is 6.35. The molecule has 6 nitrogen and oxygen atoms in total. The molecule has 0 fully saturated rings. The fraction of sp³-hybridized carbons (Fsp3) is 0.211. The Balaban J connectivity index is 1.63. The van der Waals surface area contributed by atoms with E-state index in [0.717, 1.165) is 0 Å². The molecule has 1 aromatic carbocycles. The van der Waals surface area contributed by atoms with Crippen LogP contribution in [0.5, 0.6) is 0 Å². The Labute approximate surface area is 166 Å². The number of fused-ring (bicyclic) bond motifs is 1. The van der Waals surface area contributed by atoms with E-state index in [1.165, 1.54) is 6.92 Å². The van der Waals surface area contributed by atoms with Gasteiger partial charge in [-0.3, -0.25) is 4.79 Å². The van der Waals surface area contributed by atoms with E-state index in [1.807, 2.05) is 12.1 Å². The van der Waals surface area contributed by atoms with Crippen molar-refractivity contribution in [2.24, 2.45) is 0 Å². The van der Waals surface area contributed by atoms with Crippen molar-refractivity contribution in [3.05, 3.63) is 70.1 Å². The van der Waals surface area contributed by atoms with Crippen LogP contribution in [0, 0.1) is 0 Å². The summed E-state index contributed by atoms with van der Waals surface area (Å²) in [5.74, 6) is -1.11. The van der Waals surface area contributed by atoms with Crippen molar-refractivity contribution in [3.8, 4) is 0 Å². The highest BCUT2D eigenvalue weighted by Crippen LogP contribution is 2.26. The number of benzene rings is 1. The first-order valence-electron chi connectivity index (χ1n) is 8.25. The van der Waals surface area contributed by atoms with Gasteiger partial charge in [-0.05, 0) is 43.7 Å². The summed E-state index contributed by atoms with van der Waals surface area (Å²) in [4.78, 5) is 28.8. The predicted molar refractivity (Wildman–Crippen MR) is 103 cm³/mol. The van der Waals surface area contributed by atoms with Crippen LogP contribution in [0.4, 0.5) is 0 Å². The Morgan fingerprint density at radius 1 is 1.19 bits per heavy atom. The third kappa shape index (κ3) is 4.40. The van der Waals surface area contributed by atoms with Crippen LogP contribution in [0.2, 0.25) is 10.0 Å². The van der Waals surface area contributed by atoms with Gasteiger partial charge in [0.25, 0.3) is 5.91 Å². The fourth-order valence-corrected chi connectivity index (χ4v) is 3.14. The van der Waals surface area contributed by atoms with Crippen LogP contribution in [0.25, 0.3) is 5.65 Å². The molecule has 3 rings (SSSR count). The highest BCUT2D eigenvalue weighted by Gasteiger charge is 2.23. The topological polar surface area (TPSA) is 72.7 Å². The Morgan fingerprint density at radius 3 is 2.67 bits per heavy atom. The van der Waals surface area contributed by atoms with Crippen molar-refractivity contribution in [1.29, 1.82) is 0 Å². The molecule has 2 heterocycles. The maximum Gasteiger partial charge on any atom is 0.359 e. The minimum atomic E-state index is -0.990. The van der Waals surface area contributed by atoms with Gasteiger partial charge in [0.05, 0.1) is 6.04 Å². The van der Waals surface area contributed by atoms with Crippen molar-refractivity contribution in [1.82, 2.24) is 14.7 Å². The second kappa shape index (κ2) is 7.98. The SMILES string of the molecule is C[C@H](OC(=O)c1cn2ccccc2n1)C(=O)N[C@@H](C)c1ccc(Cl)cc1Cl. The number of nitrogens with zero attached hydrogens (tertiary/aromatic N) is 2. The van der Waals surface area contributed by atoms with Crippen LogP contribution >= 0.6 is 23.2 Å². The number of esters is 1. The quantitative estimate of drug-likeness (QED) is 0.649. The number of carbonyl (C=O) groups is 2. The lowest BCUT2D eigenvalue weighted by Gasteiger charge is -2.19. The normalized spacial score (nSPS) is 13.2. The van der Waals surface area contributed by atoms with Gasteiger partial charge in [0.15, 0.2) is 11.8 Å². The number of pyridine rings is 1. The zero-order chi connectivity index (χ0) is 19.6. The molecule has 0 aliphatic carbocycles. The van der Waals surface area contributed by atoms with E-state index in [2.05, 4.69) is 10.3 Å². The third-order valence-corrected chi connectivity index (χ3v) is 4.58. The van der Waals surface area contributed by atoms with Gasteiger partial charge in [-0.2, -0.15) is 0 Å². The standard InChI is InChI=1S/C19H17Cl2N3O3/c1-11(14-7-6-13(20)9-15(14)21)22-18(25)12(2)27-19(26)16-10-24-8-4-3-5-17(24)23-16/h3-12H,1-2H3,(H,22,25)/t11-,12-/m0/s1. The Bertz CT molecular complexity index is 970. The van der Waals surface area contributed by atoms with E-state index in [4.69, 9.17) is 27.9 Å². The van der Waals surface area contributed by atoms with E-state index in [-0.39, 0.29) is 11.7 Å². The van der Waals surface area contributed by atoms with Gasteiger partial charge in [-0.25, -0.2) is 9.78 Å². The van der Waals surface area contributed by atoms with Gasteiger partial charge in [0.1, 0.15) is 5.65 Å². The second-order valence-electron chi connectivity index (χ2n) is 6.04. The molecule has 1 amide bonds. The van der Waals surface area contributed by atoms with E-state index >= 15 is 0 Å². The molecule has 0 aliphatic rings. The first-order valence-corrected chi connectivity index (χ1v) is 9.01. The number of halogens is 2. The summed E-state index contributed by atoms with van der Waals surface area (Å²) in [5, 5.41) is 3.73. The Kier molecular flexibility index (Phi) is 5.68. The summed E-state index contributed by atoms with van der Waals surface area (Å²) in [6.45, 7) is 3.28. The smallest absolute Gasteiger partial charge is 0.359 e. The maximum absolute atomic E-state index is 12.4. The molecule has 0 bridgehead atoms. The molecule has 2 atom stereocenters. The van der Waals surface area contributed by atoms with Crippen molar-refractivity contribution in [2.75, 3.05) is 0 Å². The van der Waals surface area contributed by atoms with Crippen LogP contribution in [0.1, 0.15) is 35.9 Å². The Morgan fingerprint density at radius 2 is 1.96 bits per heavy atom. The third-order valence-electron chi connectivity index (χ3n) is 4.01. The van der Waals surface area contributed by atoms with Crippen LogP contribution in [0.3, 0.4) is 0 Å². The number of nitrogens with one attached hydrogen (secondary N) is 1. The van der Waals surface area contributed by atoms with Gasteiger partial charge in [0, 0.05) is 22.4 Å². The van der Waals surface area contributed by atoms with Crippen LogP contribution < -0.4 is 5.32 Å². The second-order valence-corrected chi connectivity index (χ2v) is 6.88. The number of hydrogen-bond acceptors (Lipinski definition) is 4. The first-order chi connectivity index (χ1) is 12.8. The van der Waals surface area contributed by atoms with Gasteiger partial charge in [0.2, 0.25) is 0 Å². The van der Waals surface area contributed by atoms with Gasteiger partial charge in [-0.15, -0.1) is 0 Å². The lowest BCUT2D eigenvalue weighted by atomic mass is 10.1. The number of aromatic nitrogens is 2. The van der Waals surface area contributed by atoms with Crippen LogP contribution in [0.15, 0.2) is 48.8 Å². The summed E-state index contributed by atoms with van der Waals surface area (Å²) in [7, 11) is 0. The number of amides is 1. The monoisotopic (exact) mass is 405 g/mol. The number of rotatable bonds is 5. The average Bonchev–Trinajstić information content (AvgIpc) is 3.05. The maximum atomic E-state index is 12.4. The molecule has 0 saturated heterocycles.